The summed E-state index contributed by atoms with van der Waals surface area (Å²) in [7, 11) is 0. The first-order valence-electron chi connectivity index (χ1n) is 9.68. The van der Waals surface area contributed by atoms with Gasteiger partial charge in [0.1, 0.15) is 24.4 Å². The average molecular weight is 423 g/mol. The van der Waals surface area contributed by atoms with E-state index >= 15 is 0 Å². The van der Waals surface area contributed by atoms with E-state index in [1.807, 2.05) is 54.6 Å². The predicted molar refractivity (Wildman–Crippen MR) is 122 cm³/mol. The summed E-state index contributed by atoms with van der Waals surface area (Å²) in [4.78, 5) is 14.2. The molecule has 0 fully saturated rings. The lowest BCUT2D eigenvalue weighted by Crippen LogP contribution is -2.02. The van der Waals surface area contributed by atoms with Crippen LogP contribution in [0.25, 0.3) is 10.8 Å². The third-order valence-electron chi connectivity index (χ3n) is 4.78. The van der Waals surface area contributed by atoms with Crippen molar-refractivity contribution in [2.24, 2.45) is 5.10 Å². The molecule has 0 radical (unpaired) electrons. The molecule has 0 aliphatic carbocycles. The van der Waals surface area contributed by atoms with Gasteiger partial charge in [-0.05, 0) is 29.0 Å². The maximum absolute atomic E-state index is 10.8. The lowest BCUT2D eigenvalue weighted by Gasteiger charge is -2.12. The Morgan fingerprint density at radius 2 is 1.91 bits per heavy atom. The Balaban J connectivity index is 1.60. The largest absolute Gasteiger partial charge is 0.488 e. The lowest BCUT2D eigenvalue weighted by atomic mass is 10.0. The molecule has 32 heavy (non-hydrogen) atoms. The van der Waals surface area contributed by atoms with E-state index in [-0.39, 0.29) is 12.3 Å². The Morgan fingerprint density at radius 3 is 2.69 bits per heavy atom. The molecule has 0 saturated heterocycles. The Kier molecular flexibility index (Phi) is 6.00. The summed E-state index contributed by atoms with van der Waals surface area (Å²) >= 11 is 0. The summed E-state index contributed by atoms with van der Waals surface area (Å²) in [6.45, 7) is 0.236. The number of ether oxygens (including phenoxy) is 1. The maximum atomic E-state index is 10.8. The number of pyridine rings is 1. The number of hydrazone groups is 1. The predicted octanol–water partition coefficient (Wildman–Crippen LogP) is 5.04. The summed E-state index contributed by atoms with van der Waals surface area (Å²) in [5, 5.41) is 26.3. The summed E-state index contributed by atoms with van der Waals surface area (Å²) in [6, 6.07) is 24.0. The molecule has 0 amide bonds. The van der Waals surface area contributed by atoms with Gasteiger partial charge in [0.2, 0.25) is 0 Å². The zero-order valence-corrected chi connectivity index (χ0v) is 16.8. The van der Waals surface area contributed by atoms with Crippen LogP contribution in [0.1, 0.15) is 16.7 Å². The Hall–Kier alpha value is -4.77. The van der Waals surface area contributed by atoms with Gasteiger partial charge in [-0.1, -0.05) is 48.5 Å². The highest BCUT2D eigenvalue weighted by molar-refractivity contribution is 6.02. The van der Waals surface area contributed by atoms with Crippen LogP contribution in [0.5, 0.6) is 5.75 Å². The van der Waals surface area contributed by atoms with Gasteiger partial charge in [-0.3, -0.25) is 15.5 Å². The molecule has 0 saturated carbocycles. The van der Waals surface area contributed by atoms with Crippen molar-refractivity contribution in [1.29, 1.82) is 5.26 Å². The number of nitrogens with one attached hydrogen (secondary N) is 1. The number of nitriles is 1. The Labute approximate surface area is 183 Å². The van der Waals surface area contributed by atoms with Crippen LogP contribution in [0, 0.1) is 21.4 Å². The highest BCUT2D eigenvalue weighted by Gasteiger charge is 2.09. The zero-order valence-electron chi connectivity index (χ0n) is 16.8. The van der Waals surface area contributed by atoms with Gasteiger partial charge in [-0.25, -0.2) is 4.98 Å². The number of aromatic nitrogens is 1. The first-order chi connectivity index (χ1) is 15.7. The number of hydrogen-bond donors (Lipinski definition) is 1. The number of anilines is 1. The monoisotopic (exact) mass is 423 g/mol. The normalized spacial score (nSPS) is 10.7. The number of benzene rings is 3. The molecular formula is C24H17N5O3. The van der Waals surface area contributed by atoms with Crippen LogP contribution in [0.2, 0.25) is 0 Å². The fraction of sp³-hybridized carbons (Fsp3) is 0.0417. The molecule has 8 heteroatoms. The molecule has 0 aliphatic rings. The lowest BCUT2D eigenvalue weighted by molar-refractivity contribution is -0.385. The van der Waals surface area contributed by atoms with Crippen molar-refractivity contribution in [1.82, 2.24) is 4.98 Å². The van der Waals surface area contributed by atoms with Crippen molar-refractivity contribution in [3.63, 3.8) is 0 Å². The van der Waals surface area contributed by atoms with Crippen molar-refractivity contribution in [3.05, 3.63) is 106 Å². The molecule has 4 aromatic rings. The molecule has 0 atom stereocenters. The number of fused-ring (bicyclic) bond motifs is 1. The minimum Gasteiger partial charge on any atom is -0.488 e. The topological polar surface area (TPSA) is 113 Å². The average Bonchev–Trinajstić information content (AvgIpc) is 2.83. The van der Waals surface area contributed by atoms with Crippen LogP contribution < -0.4 is 10.2 Å². The van der Waals surface area contributed by atoms with Crippen molar-refractivity contribution in [3.8, 4) is 11.8 Å². The second kappa shape index (κ2) is 9.36. The van der Waals surface area contributed by atoms with Crippen molar-refractivity contribution >= 4 is 28.5 Å². The first kappa shape index (κ1) is 20.5. The van der Waals surface area contributed by atoms with Gasteiger partial charge >= 0.3 is 0 Å². The van der Waals surface area contributed by atoms with Crippen LogP contribution in [-0.4, -0.2) is 16.1 Å². The summed E-state index contributed by atoms with van der Waals surface area (Å²) in [5.74, 6) is 0.983. The van der Waals surface area contributed by atoms with Gasteiger partial charge in [0.25, 0.3) is 5.69 Å². The van der Waals surface area contributed by atoms with E-state index in [2.05, 4.69) is 21.6 Å². The van der Waals surface area contributed by atoms with Crippen molar-refractivity contribution in [2.45, 2.75) is 6.61 Å². The Morgan fingerprint density at radius 1 is 1.09 bits per heavy atom. The molecule has 0 spiro atoms. The van der Waals surface area contributed by atoms with Crippen LogP contribution >= 0.6 is 0 Å². The second-order valence-corrected chi connectivity index (χ2v) is 6.78. The molecule has 0 bridgehead atoms. The summed E-state index contributed by atoms with van der Waals surface area (Å²) < 4.78 is 6.06. The van der Waals surface area contributed by atoms with Gasteiger partial charge in [0.05, 0.1) is 22.8 Å². The molecule has 1 heterocycles. The van der Waals surface area contributed by atoms with Crippen LogP contribution in [0.3, 0.4) is 0 Å². The van der Waals surface area contributed by atoms with E-state index in [9.17, 15) is 15.4 Å². The van der Waals surface area contributed by atoms with Crippen LogP contribution in [0.4, 0.5) is 11.5 Å². The standard InChI is InChI=1S/C24H17N5O3/c25-13-18-6-1-2-7-19(18)16-32-23-11-9-17-5-3-4-8-21(17)22(23)15-27-28-24-12-10-20(14-26-24)29(30)31/h1-12,14-15H,16H2,(H,26,28)/b27-15-. The fourth-order valence-electron chi connectivity index (χ4n) is 3.17. The van der Waals surface area contributed by atoms with Crippen molar-refractivity contribution < 1.29 is 9.66 Å². The molecular weight excluding hydrogens is 406 g/mol. The van der Waals surface area contributed by atoms with E-state index in [4.69, 9.17) is 4.74 Å². The highest BCUT2D eigenvalue weighted by Crippen LogP contribution is 2.28. The molecule has 1 aromatic heterocycles. The quantitative estimate of drug-likeness (QED) is 0.253. The van der Waals surface area contributed by atoms with E-state index in [1.165, 1.54) is 12.1 Å². The van der Waals surface area contributed by atoms with Gasteiger partial charge in [-0.15, -0.1) is 0 Å². The number of nitrogens with zero attached hydrogens (tertiary/aromatic N) is 4. The van der Waals surface area contributed by atoms with Crippen LogP contribution in [-0.2, 0) is 6.61 Å². The smallest absolute Gasteiger partial charge is 0.287 e. The molecule has 0 unspecified atom stereocenters. The van der Waals surface area contributed by atoms with E-state index < -0.39 is 4.92 Å². The van der Waals surface area contributed by atoms with Gasteiger partial charge in [0, 0.05) is 17.2 Å². The molecule has 3 aromatic carbocycles. The Bertz CT molecular complexity index is 1340. The number of hydrogen-bond acceptors (Lipinski definition) is 7. The third-order valence-corrected chi connectivity index (χ3v) is 4.78. The van der Waals surface area contributed by atoms with Gasteiger partial charge < -0.3 is 4.74 Å². The molecule has 0 aliphatic heterocycles. The maximum Gasteiger partial charge on any atom is 0.287 e. The molecule has 8 nitrogen and oxygen atoms in total. The second-order valence-electron chi connectivity index (χ2n) is 6.78. The van der Waals surface area contributed by atoms with E-state index in [0.29, 0.717) is 17.1 Å². The third kappa shape index (κ3) is 4.52. The minimum atomic E-state index is -0.510. The zero-order chi connectivity index (χ0) is 22.3. The molecule has 1 N–H and O–H groups in total. The van der Waals surface area contributed by atoms with E-state index in [1.54, 1.807) is 12.3 Å². The molecule has 4 rings (SSSR count). The van der Waals surface area contributed by atoms with Gasteiger partial charge in [0.15, 0.2) is 0 Å². The number of nitro groups is 1. The fourth-order valence-corrected chi connectivity index (χ4v) is 3.17. The molecule has 156 valence electrons. The van der Waals surface area contributed by atoms with Crippen molar-refractivity contribution in [2.75, 3.05) is 5.43 Å². The summed E-state index contributed by atoms with van der Waals surface area (Å²) in [5.41, 5.74) is 4.80. The van der Waals surface area contributed by atoms with Gasteiger partial charge in [-0.2, -0.15) is 10.4 Å². The SMILES string of the molecule is N#Cc1ccccc1COc1ccc2ccccc2c1/C=N\Nc1ccc([N+](=O)[O-])cn1. The van der Waals surface area contributed by atoms with Crippen LogP contribution in [0.15, 0.2) is 84.1 Å². The van der Waals surface area contributed by atoms with E-state index in [0.717, 1.165) is 28.1 Å². The minimum absolute atomic E-state index is 0.0954. The number of rotatable bonds is 7. The highest BCUT2D eigenvalue weighted by atomic mass is 16.6. The first-order valence-corrected chi connectivity index (χ1v) is 9.68. The summed E-state index contributed by atoms with van der Waals surface area (Å²) in [6.07, 6.45) is 2.79.